The van der Waals surface area contributed by atoms with Crippen molar-refractivity contribution < 1.29 is 14.8 Å². The maximum absolute atomic E-state index is 12.5. The lowest BCUT2D eigenvalue weighted by Gasteiger charge is -2.17. The molecule has 3 rings (SSSR count). The van der Waals surface area contributed by atoms with Crippen molar-refractivity contribution in [2.45, 2.75) is 32.5 Å². The van der Waals surface area contributed by atoms with Crippen molar-refractivity contribution >= 4 is 11.6 Å². The van der Waals surface area contributed by atoms with E-state index >= 15 is 0 Å². The second-order valence-electron chi connectivity index (χ2n) is 6.97. The number of nitrogens with one attached hydrogen (secondary N) is 1. The number of hydrogen-bond donors (Lipinski definition) is 2. The number of amides is 1. The van der Waals surface area contributed by atoms with E-state index in [1.807, 2.05) is 79.7 Å². The molecule has 2 atom stereocenters. The minimum Gasteiger partial charge on any atom is -0.489 e. The molecule has 0 aromatic heterocycles. The summed E-state index contributed by atoms with van der Waals surface area (Å²) in [5.74, 6) is 0.764. The number of carbonyl (C=O) groups is 1. The first-order chi connectivity index (χ1) is 13.6. The largest absolute Gasteiger partial charge is 0.489 e. The van der Waals surface area contributed by atoms with Gasteiger partial charge in [0.05, 0.1) is 0 Å². The Bertz CT molecular complexity index is 864. The van der Waals surface area contributed by atoms with E-state index in [9.17, 15) is 4.79 Å². The van der Waals surface area contributed by atoms with E-state index in [4.69, 9.17) is 4.74 Å². The van der Waals surface area contributed by atoms with Gasteiger partial charge in [-0.1, -0.05) is 60.7 Å². The Balaban J connectivity index is 1.49. The average Bonchev–Trinajstić information content (AvgIpc) is 2.74. The van der Waals surface area contributed by atoms with Gasteiger partial charge in [-0.2, -0.15) is 0 Å². The van der Waals surface area contributed by atoms with E-state index < -0.39 is 0 Å². The number of rotatable bonds is 8. The highest BCUT2D eigenvalue weighted by molar-refractivity contribution is 5.93. The van der Waals surface area contributed by atoms with Crippen LogP contribution < -0.4 is 15.4 Å². The van der Waals surface area contributed by atoms with Gasteiger partial charge in [-0.15, -0.1) is 0 Å². The summed E-state index contributed by atoms with van der Waals surface area (Å²) in [6, 6.07) is 27.8. The van der Waals surface area contributed by atoms with Gasteiger partial charge in [0.25, 0.3) is 5.91 Å². The van der Waals surface area contributed by atoms with Crippen molar-refractivity contribution in [3.05, 3.63) is 96.1 Å². The second-order valence-corrected chi connectivity index (χ2v) is 6.97. The first-order valence-corrected chi connectivity index (χ1v) is 9.59. The topological polar surface area (TPSA) is 54.9 Å². The van der Waals surface area contributed by atoms with Gasteiger partial charge in [-0.05, 0) is 43.7 Å². The zero-order chi connectivity index (χ0) is 19.8. The first-order valence-electron chi connectivity index (χ1n) is 9.59. The van der Waals surface area contributed by atoms with E-state index in [-0.39, 0.29) is 18.0 Å². The predicted molar refractivity (Wildman–Crippen MR) is 112 cm³/mol. The lowest BCUT2D eigenvalue weighted by molar-refractivity contribution is -0.709. The lowest BCUT2D eigenvalue weighted by Crippen LogP contribution is -2.91. The standard InChI is InChI=1S/C24H26N2O2/c1-18(21-11-7-4-8-12-21)25-19(2)24(27)26-22-13-15-23(16-14-22)28-17-20-9-5-3-6-10-20/h3-16,18-19,25H,17H2,1-2H3,(H,26,27)/p+1/t18-,19+/m0/s1. The molecule has 144 valence electrons. The molecule has 0 spiro atoms. The van der Waals surface area contributed by atoms with Gasteiger partial charge < -0.3 is 15.4 Å². The summed E-state index contributed by atoms with van der Waals surface area (Å²) < 4.78 is 5.78. The van der Waals surface area contributed by atoms with Gasteiger partial charge in [0.2, 0.25) is 0 Å². The van der Waals surface area contributed by atoms with Gasteiger partial charge in [0, 0.05) is 11.3 Å². The highest BCUT2D eigenvalue weighted by Crippen LogP contribution is 2.17. The van der Waals surface area contributed by atoms with Crippen LogP contribution in [0, 0.1) is 0 Å². The summed E-state index contributed by atoms with van der Waals surface area (Å²) >= 11 is 0. The molecule has 28 heavy (non-hydrogen) atoms. The third kappa shape index (κ3) is 5.69. The summed E-state index contributed by atoms with van der Waals surface area (Å²) in [5, 5.41) is 5.05. The molecule has 4 nitrogen and oxygen atoms in total. The molecule has 0 radical (unpaired) electrons. The fraction of sp³-hybridized carbons (Fsp3) is 0.208. The Labute approximate surface area is 166 Å². The molecule has 0 aliphatic heterocycles. The minimum atomic E-state index is -0.191. The lowest BCUT2D eigenvalue weighted by atomic mass is 10.1. The highest BCUT2D eigenvalue weighted by Gasteiger charge is 2.20. The molecule has 3 aromatic carbocycles. The average molecular weight is 375 g/mol. The van der Waals surface area contributed by atoms with Crippen molar-refractivity contribution in [1.82, 2.24) is 0 Å². The second kappa shape index (κ2) is 9.72. The molecule has 0 saturated heterocycles. The van der Waals surface area contributed by atoms with Crippen molar-refractivity contribution in [2.24, 2.45) is 0 Å². The van der Waals surface area contributed by atoms with Crippen molar-refractivity contribution in [3.8, 4) is 5.75 Å². The molecule has 3 aromatic rings. The van der Waals surface area contributed by atoms with E-state index in [0.29, 0.717) is 6.61 Å². The fourth-order valence-electron chi connectivity index (χ4n) is 3.02. The summed E-state index contributed by atoms with van der Waals surface area (Å²) in [4.78, 5) is 12.5. The summed E-state index contributed by atoms with van der Waals surface area (Å²) in [6.07, 6.45) is 0. The molecule has 4 heteroatoms. The molecule has 0 heterocycles. The quantitative estimate of drug-likeness (QED) is 0.627. The van der Waals surface area contributed by atoms with Crippen LogP contribution in [0.1, 0.15) is 31.0 Å². The maximum atomic E-state index is 12.5. The third-order valence-corrected chi connectivity index (χ3v) is 4.69. The van der Waals surface area contributed by atoms with Gasteiger partial charge in [-0.25, -0.2) is 0 Å². The fourth-order valence-corrected chi connectivity index (χ4v) is 3.02. The van der Waals surface area contributed by atoms with Crippen LogP contribution in [0.5, 0.6) is 5.75 Å². The Morgan fingerprint density at radius 2 is 1.50 bits per heavy atom. The molecule has 0 fully saturated rings. The van der Waals surface area contributed by atoms with Crippen LogP contribution in [0.15, 0.2) is 84.9 Å². The Hall–Kier alpha value is -3.11. The van der Waals surface area contributed by atoms with Crippen molar-refractivity contribution in [1.29, 1.82) is 0 Å². The number of quaternary nitrogens is 1. The van der Waals surface area contributed by atoms with Crippen LogP contribution >= 0.6 is 0 Å². The number of hydrogen-bond acceptors (Lipinski definition) is 2. The highest BCUT2D eigenvalue weighted by atomic mass is 16.5. The van der Waals surface area contributed by atoms with E-state index in [2.05, 4.69) is 29.7 Å². The van der Waals surface area contributed by atoms with Crippen LogP contribution in [0.25, 0.3) is 0 Å². The zero-order valence-electron chi connectivity index (χ0n) is 16.3. The van der Waals surface area contributed by atoms with Crippen LogP contribution in [0.2, 0.25) is 0 Å². The summed E-state index contributed by atoms with van der Waals surface area (Å²) in [7, 11) is 0. The molecule has 0 saturated carbocycles. The number of ether oxygens (including phenoxy) is 1. The van der Waals surface area contributed by atoms with Gasteiger partial charge in [-0.3, -0.25) is 4.79 Å². The smallest absolute Gasteiger partial charge is 0.282 e. The molecule has 0 aliphatic carbocycles. The minimum absolute atomic E-state index is 0.0132. The molecular weight excluding hydrogens is 348 g/mol. The van der Waals surface area contributed by atoms with Crippen LogP contribution in [-0.2, 0) is 11.4 Å². The molecule has 0 bridgehead atoms. The summed E-state index contributed by atoms with van der Waals surface area (Å²) in [6.45, 7) is 4.56. The summed E-state index contributed by atoms with van der Waals surface area (Å²) in [5.41, 5.74) is 3.10. The molecule has 0 aliphatic rings. The SMILES string of the molecule is C[C@H]([NH2+][C@H](C)C(=O)Nc1ccc(OCc2ccccc2)cc1)c1ccccc1. The van der Waals surface area contributed by atoms with Gasteiger partial charge in [0.15, 0.2) is 6.04 Å². The van der Waals surface area contributed by atoms with E-state index in [1.165, 1.54) is 5.56 Å². The number of carbonyl (C=O) groups excluding carboxylic acids is 1. The molecule has 3 N–H and O–H groups in total. The van der Waals surface area contributed by atoms with Crippen LogP contribution in [0.3, 0.4) is 0 Å². The number of benzene rings is 3. The monoisotopic (exact) mass is 375 g/mol. The van der Waals surface area contributed by atoms with Crippen molar-refractivity contribution in [2.75, 3.05) is 5.32 Å². The predicted octanol–water partition coefficient (Wildman–Crippen LogP) is 3.92. The van der Waals surface area contributed by atoms with Crippen LogP contribution in [0.4, 0.5) is 5.69 Å². The Morgan fingerprint density at radius 3 is 2.14 bits per heavy atom. The maximum Gasteiger partial charge on any atom is 0.282 e. The molecule has 0 unspecified atom stereocenters. The van der Waals surface area contributed by atoms with Crippen molar-refractivity contribution in [3.63, 3.8) is 0 Å². The number of nitrogens with two attached hydrogens (primary N) is 1. The Morgan fingerprint density at radius 1 is 0.893 bits per heavy atom. The number of anilines is 1. The zero-order valence-corrected chi connectivity index (χ0v) is 16.3. The van der Waals surface area contributed by atoms with E-state index in [0.717, 1.165) is 17.0 Å². The molecule has 1 amide bonds. The first kappa shape index (κ1) is 19.6. The normalized spacial score (nSPS) is 12.8. The van der Waals surface area contributed by atoms with Gasteiger partial charge in [0.1, 0.15) is 18.4 Å². The van der Waals surface area contributed by atoms with Crippen LogP contribution in [-0.4, -0.2) is 11.9 Å². The van der Waals surface area contributed by atoms with Gasteiger partial charge >= 0.3 is 0 Å². The molecular formula is C24H27N2O2+. The Kier molecular flexibility index (Phi) is 6.82. The van der Waals surface area contributed by atoms with E-state index in [1.54, 1.807) is 0 Å². The third-order valence-electron chi connectivity index (χ3n) is 4.69.